The largest absolute Gasteiger partial charge is 0.383 e. The molecule has 1 atom stereocenters. The van der Waals surface area contributed by atoms with Gasteiger partial charge >= 0.3 is 0 Å². The molecule has 0 amide bonds. The molecule has 1 aliphatic rings. The molecule has 1 saturated heterocycles. The van der Waals surface area contributed by atoms with Gasteiger partial charge < -0.3 is 16.0 Å². The molecular formula is C12H21N5. The summed E-state index contributed by atoms with van der Waals surface area (Å²) >= 11 is 0. The van der Waals surface area contributed by atoms with Crippen LogP contribution in [0.2, 0.25) is 0 Å². The van der Waals surface area contributed by atoms with Gasteiger partial charge in [0.1, 0.15) is 18.0 Å². The highest BCUT2D eigenvalue weighted by atomic mass is 15.1. The fourth-order valence-corrected chi connectivity index (χ4v) is 2.25. The maximum Gasteiger partial charge on any atom is 0.134 e. The van der Waals surface area contributed by atoms with E-state index in [0.29, 0.717) is 11.7 Å². The van der Waals surface area contributed by atoms with Crippen molar-refractivity contribution in [1.82, 2.24) is 14.9 Å². The van der Waals surface area contributed by atoms with Crippen LogP contribution in [0, 0.1) is 12.8 Å². The third kappa shape index (κ3) is 2.85. The smallest absolute Gasteiger partial charge is 0.134 e. The average Bonchev–Trinajstić information content (AvgIpc) is 2.79. The lowest BCUT2D eigenvalue weighted by Gasteiger charge is -2.15. The van der Waals surface area contributed by atoms with Crippen LogP contribution < -0.4 is 11.1 Å². The van der Waals surface area contributed by atoms with E-state index in [9.17, 15) is 0 Å². The standard InChI is InChI=1S/C12H21N5/c1-3-17-5-4-10(7-17)6-14-12-9(2)11(13)15-8-16-12/h8,10H,3-7H2,1-2H3,(H3,13,14,15,16). The average molecular weight is 235 g/mol. The second kappa shape index (κ2) is 5.31. The van der Waals surface area contributed by atoms with E-state index in [-0.39, 0.29) is 0 Å². The molecule has 17 heavy (non-hydrogen) atoms. The van der Waals surface area contributed by atoms with Crippen molar-refractivity contribution in [3.8, 4) is 0 Å². The number of nitrogens with zero attached hydrogens (tertiary/aromatic N) is 3. The molecule has 1 aromatic heterocycles. The quantitative estimate of drug-likeness (QED) is 0.818. The Morgan fingerprint density at radius 2 is 2.35 bits per heavy atom. The van der Waals surface area contributed by atoms with Crippen molar-refractivity contribution in [3.63, 3.8) is 0 Å². The van der Waals surface area contributed by atoms with Crippen LogP contribution in [0.3, 0.4) is 0 Å². The van der Waals surface area contributed by atoms with Gasteiger partial charge in [-0.2, -0.15) is 0 Å². The van der Waals surface area contributed by atoms with Crippen LogP contribution in [0.25, 0.3) is 0 Å². The molecule has 2 heterocycles. The van der Waals surface area contributed by atoms with Crippen molar-refractivity contribution in [2.75, 3.05) is 37.2 Å². The van der Waals surface area contributed by atoms with Crippen molar-refractivity contribution >= 4 is 11.6 Å². The maximum atomic E-state index is 5.75. The molecule has 2 rings (SSSR count). The van der Waals surface area contributed by atoms with Gasteiger partial charge in [-0.1, -0.05) is 6.92 Å². The zero-order valence-electron chi connectivity index (χ0n) is 10.6. The van der Waals surface area contributed by atoms with Crippen LogP contribution >= 0.6 is 0 Å². The van der Waals surface area contributed by atoms with Gasteiger partial charge in [0.2, 0.25) is 0 Å². The summed E-state index contributed by atoms with van der Waals surface area (Å²) in [5, 5.41) is 3.38. The molecule has 0 saturated carbocycles. The Morgan fingerprint density at radius 3 is 3.06 bits per heavy atom. The van der Waals surface area contributed by atoms with Crippen molar-refractivity contribution in [3.05, 3.63) is 11.9 Å². The predicted molar refractivity (Wildman–Crippen MR) is 69.9 cm³/mol. The zero-order valence-corrected chi connectivity index (χ0v) is 10.6. The summed E-state index contributed by atoms with van der Waals surface area (Å²) in [6, 6.07) is 0. The lowest BCUT2D eigenvalue weighted by atomic mass is 10.1. The third-order valence-electron chi connectivity index (χ3n) is 3.50. The Kier molecular flexibility index (Phi) is 3.78. The van der Waals surface area contributed by atoms with Crippen LogP contribution in [0.5, 0.6) is 0 Å². The first-order valence-corrected chi connectivity index (χ1v) is 6.24. The normalized spacial score (nSPS) is 20.7. The molecule has 0 bridgehead atoms. The second-order valence-corrected chi connectivity index (χ2v) is 4.66. The Bertz CT molecular complexity index is 379. The molecular weight excluding hydrogens is 214 g/mol. The van der Waals surface area contributed by atoms with Gasteiger partial charge in [0.05, 0.1) is 0 Å². The molecule has 0 spiro atoms. The summed E-state index contributed by atoms with van der Waals surface area (Å²) in [5.74, 6) is 2.14. The molecule has 1 fully saturated rings. The number of rotatable bonds is 4. The molecule has 0 aliphatic carbocycles. The van der Waals surface area contributed by atoms with Gasteiger partial charge in [-0.3, -0.25) is 0 Å². The van der Waals surface area contributed by atoms with Gasteiger partial charge in [-0.05, 0) is 32.4 Å². The second-order valence-electron chi connectivity index (χ2n) is 4.66. The van der Waals surface area contributed by atoms with Crippen LogP contribution in [-0.2, 0) is 0 Å². The lowest BCUT2D eigenvalue weighted by molar-refractivity contribution is 0.345. The number of hydrogen-bond acceptors (Lipinski definition) is 5. The molecule has 0 aromatic carbocycles. The lowest BCUT2D eigenvalue weighted by Crippen LogP contribution is -2.23. The van der Waals surface area contributed by atoms with Gasteiger partial charge in [0.15, 0.2) is 0 Å². The minimum absolute atomic E-state index is 0.559. The molecule has 1 unspecified atom stereocenters. The van der Waals surface area contributed by atoms with Crippen LogP contribution in [0.1, 0.15) is 18.9 Å². The predicted octanol–water partition coefficient (Wildman–Crippen LogP) is 1.12. The topological polar surface area (TPSA) is 67.1 Å². The number of hydrogen-bond donors (Lipinski definition) is 2. The Morgan fingerprint density at radius 1 is 1.53 bits per heavy atom. The highest BCUT2D eigenvalue weighted by molar-refractivity contribution is 5.53. The molecule has 94 valence electrons. The van der Waals surface area contributed by atoms with E-state index in [2.05, 4.69) is 27.1 Å². The number of anilines is 2. The van der Waals surface area contributed by atoms with E-state index in [1.165, 1.54) is 25.8 Å². The molecule has 1 aromatic rings. The fourth-order valence-electron chi connectivity index (χ4n) is 2.25. The van der Waals surface area contributed by atoms with Crippen LogP contribution in [0.15, 0.2) is 6.33 Å². The van der Waals surface area contributed by atoms with E-state index in [1.54, 1.807) is 0 Å². The molecule has 5 heteroatoms. The number of aromatic nitrogens is 2. The van der Waals surface area contributed by atoms with Gasteiger partial charge in [-0.25, -0.2) is 9.97 Å². The molecule has 5 nitrogen and oxygen atoms in total. The van der Waals surface area contributed by atoms with Gasteiger partial charge in [-0.15, -0.1) is 0 Å². The van der Waals surface area contributed by atoms with E-state index in [4.69, 9.17) is 5.73 Å². The summed E-state index contributed by atoms with van der Waals surface area (Å²) in [6.45, 7) is 8.68. The maximum absolute atomic E-state index is 5.75. The zero-order chi connectivity index (χ0) is 12.3. The molecule has 3 N–H and O–H groups in total. The first-order chi connectivity index (χ1) is 8.20. The van der Waals surface area contributed by atoms with E-state index >= 15 is 0 Å². The summed E-state index contributed by atoms with van der Waals surface area (Å²) in [7, 11) is 0. The van der Waals surface area contributed by atoms with Crippen molar-refractivity contribution in [1.29, 1.82) is 0 Å². The van der Waals surface area contributed by atoms with E-state index in [1.807, 2.05) is 6.92 Å². The number of nitrogens with one attached hydrogen (secondary N) is 1. The summed E-state index contributed by atoms with van der Waals surface area (Å²) < 4.78 is 0. The van der Waals surface area contributed by atoms with Crippen molar-refractivity contribution in [2.24, 2.45) is 5.92 Å². The Hall–Kier alpha value is -1.36. The van der Waals surface area contributed by atoms with Gasteiger partial charge in [0, 0.05) is 18.7 Å². The third-order valence-corrected chi connectivity index (χ3v) is 3.50. The minimum Gasteiger partial charge on any atom is -0.383 e. The monoisotopic (exact) mass is 235 g/mol. The van der Waals surface area contributed by atoms with Crippen LogP contribution in [-0.4, -0.2) is 41.0 Å². The van der Waals surface area contributed by atoms with Crippen molar-refractivity contribution < 1.29 is 0 Å². The van der Waals surface area contributed by atoms with E-state index < -0.39 is 0 Å². The minimum atomic E-state index is 0.559. The summed E-state index contributed by atoms with van der Waals surface area (Å²) in [6.07, 6.45) is 2.78. The summed E-state index contributed by atoms with van der Waals surface area (Å²) in [4.78, 5) is 10.7. The highest BCUT2D eigenvalue weighted by Gasteiger charge is 2.21. The fraction of sp³-hybridized carbons (Fsp3) is 0.667. The number of likely N-dealkylation sites (tertiary alicyclic amines) is 1. The Balaban J connectivity index is 1.88. The summed E-state index contributed by atoms with van der Waals surface area (Å²) in [5.41, 5.74) is 6.69. The van der Waals surface area contributed by atoms with E-state index in [0.717, 1.165) is 24.5 Å². The molecule has 0 radical (unpaired) electrons. The van der Waals surface area contributed by atoms with Crippen LogP contribution in [0.4, 0.5) is 11.6 Å². The van der Waals surface area contributed by atoms with Crippen molar-refractivity contribution in [2.45, 2.75) is 20.3 Å². The van der Waals surface area contributed by atoms with Gasteiger partial charge in [0.25, 0.3) is 0 Å². The Labute approximate surface area is 102 Å². The first-order valence-electron chi connectivity index (χ1n) is 6.24. The number of nitrogens with two attached hydrogens (primary N) is 1. The molecule has 1 aliphatic heterocycles. The SMILES string of the molecule is CCN1CCC(CNc2ncnc(N)c2C)C1. The highest BCUT2D eigenvalue weighted by Crippen LogP contribution is 2.19. The first kappa shape index (κ1) is 12.1. The number of nitrogen functional groups attached to an aromatic ring is 1.